The smallest absolute Gasteiger partial charge is 0.354 e. The van der Waals surface area contributed by atoms with Crippen LogP contribution in [0.3, 0.4) is 0 Å². The molecule has 1 unspecified atom stereocenters. The number of hydrogen-bond acceptors (Lipinski definition) is 9. The Labute approximate surface area is 248 Å². The number of pyridine rings is 2. The zero-order valence-electron chi connectivity index (χ0n) is 23.4. The summed E-state index contributed by atoms with van der Waals surface area (Å²) < 4.78 is 18.4. The second-order valence-electron chi connectivity index (χ2n) is 11.3. The third-order valence-corrected chi connectivity index (χ3v) is 8.83. The monoisotopic (exact) mass is 589 g/mol. The van der Waals surface area contributed by atoms with Gasteiger partial charge in [-0.25, -0.2) is 9.78 Å². The molecule has 1 fully saturated rings. The maximum absolute atomic E-state index is 11.6. The highest BCUT2D eigenvalue weighted by atomic mass is 35.5. The number of carbonyl (C=O) groups is 1. The van der Waals surface area contributed by atoms with Gasteiger partial charge in [-0.3, -0.25) is 9.88 Å². The lowest BCUT2D eigenvalue weighted by molar-refractivity contribution is -0.0718. The number of aromatic nitrogens is 2. The topological polar surface area (TPSA) is 109 Å². The van der Waals surface area contributed by atoms with Gasteiger partial charge < -0.3 is 29.5 Å². The van der Waals surface area contributed by atoms with Crippen LogP contribution in [0.25, 0.3) is 5.57 Å². The average Bonchev–Trinajstić information content (AvgIpc) is 3.52. The van der Waals surface area contributed by atoms with Crippen LogP contribution in [0.15, 0.2) is 54.7 Å². The van der Waals surface area contributed by atoms with Gasteiger partial charge in [0.05, 0.1) is 16.8 Å². The molecule has 42 heavy (non-hydrogen) atoms. The van der Waals surface area contributed by atoms with Crippen molar-refractivity contribution in [3.63, 3.8) is 0 Å². The zero-order valence-corrected chi connectivity index (χ0v) is 24.2. The molecule has 0 bridgehead atoms. The van der Waals surface area contributed by atoms with E-state index in [0.29, 0.717) is 22.3 Å². The molecule has 0 aliphatic carbocycles. The first kappa shape index (κ1) is 27.0. The lowest BCUT2D eigenvalue weighted by Crippen LogP contribution is -2.55. The Hall–Kier alpha value is -3.86. The number of para-hydroxylation sites is 1. The summed E-state index contributed by atoms with van der Waals surface area (Å²) in [5, 5.41) is 13.5. The van der Waals surface area contributed by atoms with E-state index in [4.69, 9.17) is 25.8 Å². The summed E-state index contributed by atoms with van der Waals surface area (Å²) in [6.45, 7) is 7.19. The Bertz CT molecular complexity index is 1560. The molecule has 1 aromatic carbocycles. The van der Waals surface area contributed by atoms with Crippen LogP contribution in [0.1, 0.15) is 48.4 Å². The number of anilines is 2. The zero-order chi connectivity index (χ0) is 29.0. The van der Waals surface area contributed by atoms with E-state index < -0.39 is 11.8 Å². The number of benzene rings is 1. The maximum Gasteiger partial charge on any atom is 0.354 e. The molecular formula is C31H32ClN5O5. The van der Waals surface area contributed by atoms with Gasteiger partial charge in [-0.2, -0.15) is 0 Å². The van der Waals surface area contributed by atoms with Crippen LogP contribution >= 0.6 is 11.6 Å². The summed E-state index contributed by atoms with van der Waals surface area (Å²) in [6, 6.07) is 13.1. The minimum absolute atomic E-state index is 0.0319. The first-order valence-electron chi connectivity index (χ1n) is 14.2. The average molecular weight is 590 g/mol. The Morgan fingerprint density at radius 2 is 2.10 bits per heavy atom. The molecule has 0 radical (unpaired) electrons. The quantitative estimate of drug-likeness (QED) is 0.391. The first-order valence-corrected chi connectivity index (χ1v) is 14.6. The van der Waals surface area contributed by atoms with Gasteiger partial charge in [-0.1, -0.05) is 29.8 Å². The van der Waals surface area contributed by atoms with E-state index in [1.807, 2.05) is 31.2 Å². The number of aromatic carboxylic acids is 1. The number of nitrogens with one attached hydrogen (secondary N) is 1. The molecule has 2 aromatic heterocycles. The summed E-state index contributed by atoms with van der Waals surface area (Å²) in [5.74, 6) is -0.0491. The van der Waals surface area contributed by atoms with E-state index >= 15 is 0 Å². The minimum Gasteiger partial charge on any atom is -0.477 e. The number of fused-ring (bicyclic) bond motifs is 2. The van der Waals surface area contributed by atoms with E-state index in [1.54, 1.807) is 18.3 Å². The number of hydrogen-bond donors (Lipinski definition) is 2. The van der Waals surface area contributed by atoms with Gasteiger partial charge in [0.25, 0.3) is 5.79 Å². The minimum atomic E-state index is -1.04. The highest BCUT2D eigenvalue weighted by Gasteiger charge is 2.42. The molecule has 4 atom stereocenters. The maximum atomic E-state index is 11.6. The number of ether oxygens (including phenoxy) is 3. The first-order chi connectivity index (χ1) is 20.3. The lowest BCUT2D eigenvalue weighted by atomic mass is 9.97. The standard InChI is InChI=1S/C31H32ClN5O5/c1-18(29-35-28-24(8-7-23(34-28)30(38)39)37(29)17-21-12-15-40-21)36-13-10-19(11-14-36)22-4-3-5-25-27(22)42-31(2,41-25)26-9-6-20(32)16-33-26/h3-10,16,18,21,29H,11-15,17H2,1-2H3,(H,34,35)(H,38,39)/t18-,21-,29?,31+/m0/s1. The second-order valence-corrected chi connectivity index (χ2v) is 11.7. The van der Waals surface area contributed by atoms with Crippen molar-refractivity contribution in [2.45, 2.75) is 50.8 Å². The predicted octanol–water partition coefficient (Wildman–Crippen LogP) is 5.00. The molecule has 4 aliphatic rings. The summed E-state index contributed by atoms with van der Waals surface area (Å²) in [6.07, 6.45) is 5.81. The van der Waals surface area contributed by atoms with Gasteiger partial charge >= 0.3 is 5.97 Å². The number of rotatable bonds is 7. The van der Waals surface area contributed by atoms with Crippen molar-refractivity contribution >= 4 is 34.6 Å². The van der Waals surface area contributed by atoms with E-state index in [1.165, 1.54) is 5.57 Å². The van der Waals surface area contributed by atoms with Crippen LogP contribution in [0.2, 0.25) is 5.02 Å². The predicted molar refractivity (Wildman–Crippen MR) is 158 cm³/mol. The third kappa shape index (κ3) is 4.73. The van der Waals surface area contributed by atoms with Crippen molar-refractivity contribution in [1.29, 1.82) is 0 Å². The normalized spacial score (nSPS) is 25.3. The van der Waals surface area contributed by atoms with Crippen LogP contribution < -0.4 is 19.7 Å². The third-order valence-electron chi connectivity index (χ3n) is 8.61. The van der Waals surface area contributed by atoms with Gasteiger partial charge in [-0.05, 0) is 55.7 Å². The van der Waals surface area contributed by atoms with E-state index in [0.717, 1.165) is 56.1 Å². The Morgan fingerprint density at radius 1 is 1.24 bits per heavy atom. The molecule has 0 spiro atoms. The summed E-state index contributed by atoms with van der Waals surface area (Å²) >= 11 is 6.04. The van der Waals surface area contributed by atoms with Gasteiger partial charge in [0.1, 0.15) is 11.9 Å². The van der Waals surface area contributed by atoms with Crippen molar-refractivity contribution in [2.75, 3.05) is 36.5 Å². The number of halogens is 1. The molecule has 11 heteroatoms. The largest absolute Gasteiger partial charge is 0.477 e. The molecule has 218 valence electrons. The van der Waals surface area contributed by atoms with Gasteiger partial charge in [0.2, 0.25) is 0 Å². The molecule has 4 aliphatic heterocycles. The van der Waals surface area contributed by atoms with Crippen LogP contribution in [-0.2, 0) is 10.5 Å². The van der Waals surface area contributed by atoms with E-state index in [9.17, 15) is 9.90 Å². The van der Waals surface area contributed by atoms with Crippen LogP contribution in [0.4, 0.5) is 11.5 Å². The molecular weight excluding hydrogens is 558 g/mol. The molecule has 7 rings (SSSR count). The molecule has 3 aromatic rings. The Kier molecular flexibility index (Phi) is 6.72. The Balaban J connectivity index is 1.09. The summed E-state index contributed by atoms with van der Waals surface area (Å²) in [4.78, 5) is 25.1. The van der Waals surface area contributed by atoms with Crippen LogP contribution in [0, 0.1) is 0 Å². The molecule has 6 heterocycles. The summed E-state index contributed by atoms with van der Waals surface area (Å²) in [5.41, 5.74) is 3.83. The van der Waals surface area contributed by atoms with Crippen molar-refractivity contribution in [3.8, 4) is 11.5 Å². The number of carboxylic acid groups (broad SMARTS) is 1. The van der Waals surface area contributed by atoms with E-state index in [-0.39, 0.29) is 24.0 Å². The van der Waals surface area contributed by atoms with Gasteiger partial charge in [0.15, 0.2) is 23.0 Å². The fourth-order valence-corrected chi connectivity index (χ4v) is 6.26. The van der Waals surface area contributed by atoms with Crippen molar-refractivity contribution < 1.29 is 24.1 Å². The molecule has 10 nitrogen and oxygen atoms in total. The van der Waals surface area contributed by atoms with Gasteiger partial charge in [-0.15, -0.1) is 0 Å². The Morgan fingerprint density at radius 3 is 2.79 bits per heavy atom. The van der Waals surface area contributed by atoms with Crippen LogP contribution in [-0.4, -0.2) is 70.5 Å². The fourth-order valence-electron chi connectivity index (χ4n) is 6.15. The lowest BCUT2D eigenvalue weighted by Gasteiger charge is -2.41. The highest BCUT2D eigenvalue weighted by Crippen LogP contribution is 2.48. The highest BCUT2D eigenvalue weighted by molar-refractivity contribution is 6.30. The van der Waals surface area contributed by atoms with Gasteiger partial charge in [0, 0.05) is 51.0 Å². The second kappa shape index (κ2) is 10.4. The van der Waals surface area contributed by atoms with Crippen LogP contribution in [0.5, 0.6) is 11.5 Å². The van der Waals surface area contributed by atoms with Crippen molar-refractivity contribution in [1.82, 2.24) is 14.9 Å². The number of nitrogens with zero attached hydrogens (tertiary/aromatic N) is 4. The van der Waals surface area contributed by atoms with Crippen molar-refractivity contribution in [3.05, 3.63) is 76.7 Å². The van der Waals surface area contributed by atoms with Crippen molar-refractivity contribution in [2.24, 2.45) is 0 Å². The fraction of sp³-hybridized carbons (Fsp3) is 0.387. The summed E-state index contributed by atoms with van der Waals surface area (Å²) in [7, 11) is 0. The SMILES string of the molecule is C[C@@H](C1Nc2nc(C(=O)O)ccc2N1C[C@@H]1CCO1)N1CC=C(c2cccc3c2O[C@](C)(c2ccc(Cl)cn2)O3)CC1. The molecule has 0 saturated carbocycles. The number of carboxylic acids is 1. The van der Waals surface area contributed by atoms with E-state index in [2.05, 4.69) is 44.2 Å². The molecule has 0 amide bonds. The molecule has 2 N–H and O–H groups in total. The molecule has 1 saturated heterocycles.